The van der Waals surface area contributed by atoms with E-state index >= 15 is 0 Å². The van der Waals surface area contributed by atoms with Gasteiger partial charge in [-0.25, -0.2) is 4.98 Å². The Labute approximate surface area is 110 Å². The second kappa shape index (κ2) is 3.78. The number of hydrogen-bond acceptors (Lipinski definition) is 3. The molecule has 0 saturated heterocycles. The molecule has 3 aromatic heterocycles. The second-order valence-electron chi connectivity index (χ2n) is 3.50. The molecule has 0 unspecified atom stereocenters. The Morgan fingerprint density at radius 3 is 2.82 bits per heavy atom. The Morgan fingerprint density at radius 1 is 1.35 bits per heavy atom. The number of pyridine rings is 1. The van der Waals surface area contributed by atoms with Gasteiger partial charge in [-0.15, -0.1) is 0 Å². The van der Waals surface area contributed by atoms with Crippen molar-refractivity contribution in [3.8, 4) is 11.5 Å². The molecular weight excluding hydrogens is 305 g/mol. The molecule has 2 N–H and O–H groups in total. The number of furan rings is 1. The number of nitrogens with zero attached hydrogens (tertiary/aromatic N) is 2. The van der Waals surface area contributed by atoms with Crippen LogP contribution in [0.25, 0.3) is 17.1 Å². The van der Waals surface area contributed by atoms with Crippen molar-refractivity contribution in [3.63, 3.8) is 0 Å². The number of imidazole rings is 1. The zero-order chi connectivity index (χ0) is 12.0. The third-order valence-electron chi connectivity index (χ3n) is 2.45. The first-order chi connectivity index (χ1) is 8.16. The van der Waals surface area contributed by atoms with Crippen LogP contribution in [0.4, 0.5) is 5.82 Å². The van der Waals surface area contributed by atoms with Gasteiger partial charge in [0.1, 0.15) is 11.5 Å². The van der Waals surface area contributed by atoms with Crippen LogP contribution in [-0.2, 0) is 0 Å². The summed E-state index contributed by atoms with van der Waals surface area (Å²) in [6.45, 7) is 0. The van der Waals surface area contributed by atoms with Gasteiger partial charge in [-0.3, -0.25) is 4.40 Å². The molecule has 0 aromatic carbocycles. The second-order valence-corrected chi connectivity index (χ2v) is 4.69. The lowest BCUT2D eigenvalue weighted by Crippen LogP contribution is -1.93. The van der Waals surface area contributed by atoms with E-state index in [1.807, 2.05) is 12.3 Å². The van der Waals surface area contributed by atoms with Gasteiger partial charge in [0.15, 0.2) is 16.1 Å². The molecule has 0 spiro atoms. The third kappa shape index (κ3) is 1.62. The fraction of sp³-hybridized carbons (Fsp3) is 0. The summed E-state index contributed by atoms with van der Waals surface area (Å²) in [5, 5.41) is 0.552. The van der Waals surface area contributed by atoms with Crippen molar-refractivity contribution in [2.45, 2.75) is 0 Å². The van der Waals surface area contributed by atoms with Gasteiger partial charge in [-0.05, 0) is 40.2 Å². The van der Waals surface area contributed by atoms with Crippen LogP contribution in [0.5, 0.6) is 0 Å². The maximum absolute atomic E-state index is 6.06. The number of nitrogens with two attached hydrogens (primary N) is 1. The molecule has 0 atom stereocenters. The van der Waals surface area contributed by atoms with E-state index in [1.165, 1.54) is 0 Å². The average Bonchev–Trinajstić information content (AvgIpc) is 2.85. The van der Waals surface area contributed by atoms with Crippen molar-refractivity contribution in [2.24, 2.45) is 0 Å². The fourth-order valence-corrected chi connectivity index (χ4v) is 2.19. The molecule has 3 rings (SSSR count). The van der Waals surface area contributed by atoms with E-state index in [2.05, 4.69) is 20.9 Å². The van der Waals surface area contributed by atoms with E-state index in [9.17, 15) is 0 Å². The predicted octanol–water partition coefficient (Wildman–Crippen LogP) is 3.59. The Morgan fingerprint density at radius 2 is 2.18 bits per heavy atom. The maximum Gasteiger partial charge on any atom is 0.169 e. The molecule has 3 heterocycles. The minimum atomic E-state index is 0.504. The number of nitrogen functional groups attached to an aromatic ring is 1. The Balaban J connectivity index is 2.31. The molecule has 17 heavy (non-hydrogen) atoms. The molecule has 0 aliphatic heterocycles. The highest BCUT2D eigenvalue weighted by Crippen LogP contribution is 2.31. The normalized spacial score (nSPS) is 11.2. The van der Waals surface area contributed by atoms with Gasteiger partial charge >= 0.3 is 0 Å². The number of anilines is 1. The van der Waals surface area contributed by atoms with Crippen LogP contribution < -0.4 is 5.73 Å². The summed E-state index contributed by atoms with van der Waals surface area (Å²) in [6, 6.07) is 7.18. The molecule has 86 valence electrons. The van der Waals surface area contributed by atoms with E-state index in [1.54, 1.807) is 22.6 Å². The highest BCUT2D eigenvalue weighted by atomic mass is 79.9. The highest BCUT2D eigenvalue weighted by Gasteiger charge is 2.15. The summed E-state index contributed by atoms with van der Waals surface area (Å²) in [6.07, 6.45) is 1.81. The number of aromatic nitrogens is 2. The summed E-state index contributed by atoms with van der Waals surface area (Å²) < 4.78 is 7.80. The van der Waals surface area contributed by atoms with Crippen molar-refractivity contribution in [1.29, 1.82) is 0 Å². The molecule has 4 nitrogen and oxygen atoms in total. The molecule has 0 radical (unpaired) electrons. The number of rotatable bonds is 1. The van der Waals surface area contributed by atoms with Gasteiger partial charge in [-0.1, -0.05) is 11.6 Å². The summed E-state index contributed by atoms with van der Waals surface area (Å²) in [5.41, 5.74) is 7.22. The standard InChI is InChI=1S/C11H7BrClN3O/c12-8-4-3-7(17-8)9-10(14)16-5-1-2-6(13)11(16)15-9/h1-5H,14H2. The monoisotopic (exact) mass is 311 g/mol. The van der Waals surface area contributed by atoms with Gasteiger partial charge < -0.3 is 10.2 Å². The lowest BCUT2D eigenvalue weighted by Gasteiger charge is -1.96. The minimum Gasteiger partial charge on any atom is -0.448 e. The van der Waals surface area contributed by atoms with Crippen molar-refractivity contribution >= 4 is 39.0 Å². The number of hydrogen-bond donors (Lipinski definition) is 1. The molecule has 3 aromatic rings. The van der Waals surface area contributed by atoms with Crippen molar-refractivity contribution in [3.05, 3.63) is 40.2 Å². The number of fused-ring (bicyclic) bond motifs is 1. The van der Waals surface area contributed by atoms with Crippen LogP contribution in [0.3, 0.4) is 0 Å². The molecule has 6 heteroatoms. The third-order valence-corrected chi connectivity index (χ3v) is 3.17. The largest absolute Gasteiger partial charge is 0.448 e. The van der Waals surface area contributed by atoms with Crippen molar-refractivity contribution in [2.75, 3.05) is 5.73 Å². The molecule has 0 aliphatic carbocycles. The summed E-state index contributed by atoms with van der Waals surface area (Å²) in [7, 11) is 0. The van der Waals surface area contributed by atoms with E-state index in [0.29, 0.717) is 32.6 Å². The molecule has 0 fully saturated rings. The van der Waals surface area contributed by atoms with Crippen LogP contribution in [0, 0.1) is 0 Å². The Bertz CT molecular complexity index is 704. The van der Waals surface area contributed by atoms with Crippen molar-refractivity contribution < 1.29 is 4.42 Å². The average molecular weight is 313 g/mol. The van der Waals surface area contributed by atoms with E-state index < -0.39 is 0 Å². The Hall–Kier alpha value is -1.46. The van der Waals surface area contributed by atoms with Crippen LogP contribution in [0.15, 0.2) is 39.5 Å². The smallest absolute Gasteiger partial charge is 0.169 e. The molecule has 0 amide bonds. The van der Waals surface area contributed by atoms with Gasteiger partial charge in [0.25, 0.3) is 0 Å². The molecule has 0 saturated carbocycles. The first-order valence-electron chi connectivity index (χ1n) is 4.84. The predicted molar refractivity (Wildman–Crippen MR) is 70.0 cm³/mol. The first kappa shape index (κ1) is 10.7. The first-order valence-corrected chi connectivity index (χ1v) is 6.01. The van der Waals surface area contributed by atoms with Gasteiger partial charge in [0.2, 0.25) is 0 Å². The quantitative estimate of drug-likeness (QED) is 0.747. The minimum absolute atomic E-state index is 0.504. The maximum atomic E-state index is 6.06. The summed E-state index contributed by atoms with van der Waals surface area (Å²) in [5.74, 6) is 1.11. The van der Waals surface area contributed by atoms with Gasteiger partial charge in [-0.2, -0.15) is 0 Å². The highest BCUT2D eigenvalue weighted by molar-refractivity contribution is 9.10. The van der Waals surface area contributed by atoms with E-state index in [4.69, 9.17) is 21.8 Å². The SMILES string of the molecule is Nc1c(-c2ccc(Br)o2)nc2c(Cl)cccn12. The molecule has 0 aliphatic rings. The van der Waals surface area contributed by atoms with Crippen LogP contribution in [-0.4, -0.2) is 9.38 Å². The van der Waals surface area contributed by atoms with Gasteiger partial charge in [0, 0.05) is 6.20 Å². The van der Waals surface area contributed by atoms with Crippen LogP contribution >= 0.6 is 27.5 Å². The van der Waals surface area contributed by atoms with Crippen LogP contribution in [0.2, 0.25) is 5.02 Å². The zero-order valence-electron chi connectivity index (χ0n) is 8.52. The Kier molecular flexibility index (Phi) is 2.38. The topological polar surface area (TPSA) is 56.5 Å². The lowest BCUT2D eigenvalue weighted by molar-refractivity contribution is 0.554. The van der Waals surface area contributed by atoms with Crippen LogP contribution in [0.1, 0.15) is 0 Å². The fourth-order valence-electron chi connectivity index (χ4n) is 1.68. The van der Waals surface area contributed by atoms with Crippen molar-refractivity contribution in [1.82, 2.24) is 9.38 Å². The number of halogens is 2. The summed E-state index contributed by atoms with van der Waals surface area (Å²) in [4.78, 5) is 4.39. The molecular formula is C11H7BrClN3O. The van der Waals surface area contributed by atoms with Gasteiger partial charge in [0.05, 0.1) is 5.02 Å². The van der Waals surface area contributed by atoms with E-state index in [-0.39, 0.29) is 0 Å². The zero-order valence-corrected chi connectivity index (χ0v) is 10.9. The molecule has 0 bridgehead atoms. The summed E-state index contributed by atoms with van der Waals surface area (Å²) >= 11 is 9.30. The van der Waals surface area contributed by atoms with E-state index in [0.717, 1.165) is 0 Å². The lowest BCUT2D eigenvalue weighted by atomic mass is 10.3.